The number of carbonyl (C=O) groups is 1. The van der Waals surface area contributed by atoms with E-state index in [-0.39, 0.29) is 5.91 Å². The van der Waals surface area contributed by atoms with E-state index < -0.39 is 30.2 Å². The third kappa shape index (κ3) is 5.43. The van der Waals surface area contributed by atoms with Gasteiger partial charge < -0.3 is 29.7 Å². The summed E-state index contributed by atoms with van der Waals surface area (Å²) < 4.78 is 17.2. The van der Waals surface area contributed by atoms with Crippen molar-refractivity contribution in [1.82, 2.24) is 5.32 Å². The highest BCUT2D eigenvalue weighted by Crippen LogP contribution is 2.34. The molecule has 0 radical (unpaired) electrons. The fourth-order valence-electron chi connectivity index (χ4n) is 3.95. The van der Waals surface area contributed by atoms with Gasteiger partial charge in [0.1, 0.15) is 24.1 Å². The molecule has 0 aliphatic carbocycles. The standard InChI is InChI=1S/C24H31NO6/c1-15(26)25-13-12-17-10-11-18(14-19(17)16-8-6-5-7-9-16)30-23-21(28)20(27)22(29-4)24(2,3)31-23/h5-11,14,20-23,27-28H,12-13H2,1-4H3,(H,25,26)/t20-,21+,22+,23?/m0/s1. The Kier molecular flexibility index (Phi) is 7.33. The van der Waals surface area contributed by atoms with Crippen molar-refractivity contribution in [2.24, 2.45) is 0 Å². The van der Waals surface area contributed by atoms with E-state index in [2.05, 4.69) is 5.32 Å². The average molecular weight is 430 g/mol. The van der Waals surface area contributed by atoms with Crippen LogP contribution in [0.1, 0.15) is 26.3 Å². The maximum absolute atomic E-state index is 11.2. The fourth-order valence-corrected chi connectivity index (χ4v) is 3.95. The van der Waals surface area contributed by atoms with Crippen molar-refractivity contribution in [3.8, 4) is 16.9 Å². The first-order valence-corrected chi connectivity index (χ1v) is 10.4. The summed E-state index contributed by atoms with van der Waals surface area (Å²) in [7, 11) is 1.47. The molecule has 31 heavy (non-hydrogen) atoms. The van der Waals surface area contributed by atoms with Crippen molar-refractivity contribution in [3.05, 3.63) is 54.1 Å². The smallest absolute Gasteiger partial charge is 0.229 e. The molecule has 3 rings (SSSR count). The van der Waals surface area contributed by atoms with Gasteiger partial charge in [-0.25, -0.2) is 0 Å². The monoisotopic (exact) mass is 429 g/mol. The molecule has 1 aliphatic rings. The van der Waals surface area contributed by atoms with Gasteiger partial charge in [0.2, 0.25) is 12.2 Å². The first kappa shape index (κ1) is 23.2. The molecule has 1 amide bonds. The average Bonchev–Trinajstić information content (AvgIpc) is 2.73. The van der Waals surface area contributed by atoms with E-state index in [1.165, 1.54) is 14.0 Å². The van der Waals surface area contributed by atoms with Gasteiger partial charge in [0.25, 0.3) is 0 Å². The van der Waals surface area contributed by atoms with Crippen LogP contribution in [0.4, 0.5) is 0 Å². The summed E-state index contributed by atoms with van der Waals surface area (Å²) in [6.45, 7) is 5.59. The van der Waals surface area contributed by atoms with E-state index in [1.807, 2.05) is 42.5 Å². The van der Waals surface area contributed by atoms with Gasteiger partial charge in [-0.1, -0.05) is 36.4 Å². The summed E-state index contributed by atoms with van der Waals surface area (Å²) in [5.41, 5.74) is 2.18. The van der Waals surface area contributed by atoms with Gasteiger partial charge in [-0.2, -0.15) is 0 Å². The van der Waals surface area contributed by atoms with Crippen LogP contribution in [0, 0.1) is 0 Å². The van der Waals surface area contributed by atoms with Crippen LogP contribution in [-0.4, -0.2) is 60.0 Å². The Hall–Kier alpha value is -2.45. The lowest BCUT2D eigenvalue weighted by molar-refractivity contribution is -0.305. The third-order valence-corrected chi connectivity index (χ3v) is 5.48. The quantitative estimate of drug-likeness (QED) is 0.625. The topological polar surface area (TPSA) is 97.3 Å². The molecule has 2 aromatic rings. The van der Waals surface area contributed by atoms with Crippen molar-refractivity contribution in [2.75, 3.05) is 13.7 Å². The molecule has 1 unspecified atom stereocenters. The minimum Gasteiger partial charge on any atom is -0.462 e. The Morgan fingerprint density at radius 3 is 2.48 bits per heavy atom. The van der Waals surface area contributed by atoms with Gasteiger partial charge in [0, 0.05) is 20.6 Å². The lowest BCUT2D eigenvalue weighted by atomic mass is 9.89. The van der Waals surface area contributed by atoms with Crippen LogP contribution >= 0.6 is 0 Å². The molecule has 168 valence electrons. The zero-order valence-electron chi connectivity index (χ0n) is 18.4. The normalized spacial score (nSPS) is 25.1. The van der Waals surface area contributed by atoms with E-state index in [0.717, 1.165) is 16.7 Å². The molecule has 0 spiro atoms. The second kappa shape index (κ2) is 9.78. The fraction of sp³-hybridized carbons (Fsp3) is 0.458. The Balaban J connectivity index is 1.86. The Bertz CT molecular complexity index is 885. The molecule has 1 fully saturated rings. The van der Waals surface area contributed by atoms with Crippen LogP contribution in [0.3, 0.4) is 0 Å². The molecular weight excluding hydrogens is 398 g/mol. The summed E-state index contributed by atoms with van der Waals surface area (Å²) in [5, 5.41) is 23.8. The second-order valence-corrected chi connectivity index (χ2v) is 8.26. The second-order valence-electron chi connectivity index (χ2n) is 8.26. The highest BCUT2D eigenvalue weighted by atomic mass is 16.7. The minimum atomic E-state index is -1.27. The van der Waals surface area contributed by atoms with E-state index in [1.54, 1.807) is 19.9 Å². The van der Waals surface area contributed by atoms with Crippen LogP contribution in [0.2, 0.25) is 0 Å². The number of aliphatic hydroxyl groups excluding tert-OH is 2. The molecule has 0 aromatic heterocycles. The Labute approximate surface area is 183 Å². The van der Waals surface area contributed by atoms with Crippen LogP contribution in [0.15, 0.2) is 48.5 Å². The molecule has 1 saturated heterocycles. The van der Waals surface area contributed by atoms with Crippen molar-refractivity contribution < 1.29 is 29.2 Å². The predicted octanol–water partition coefficient (Wildman–Crippen LogP) is 2.28. The number of aliphatic hydroxyl groups is 2. The highest BCUT2D eigenvalue weighted by Gasteiger charge is 2.50. The largest absolute Gasteiger partial charge is 0.462 e. The molecule has 1 heterocycles. The minimum absolute atomic E-state index is 0.0693. The van der Waals surface area contributed by atoms with Gasteiger partial charge in [0.05, 0.1) is 5.60 Å². The molecule has 3 N–H and O–H groups in total. The van der Waals surface area contributed by atoms with Gasteiger partial charge in [-0.3, -0.25) is 4.79 Å². The molecular formula is C24H31NO6. The van der Waals surface area contributed by atoms with Gasteiger partial charge in [-0.05, 0) is 49.1 Å². The van der Waals surface area contributed by atoms with Crippen LogP contribution in [0.5, 0.6) is 5.75 Å². The molecule has 7 nitrogen and oxygen atoms in total. The lowest BCUT2D eigenvalue weighted by Gasteiger charge is -2.46. The number of benzene rings is 2. The number of carbonyl (C=O) groups excluding carboxylic acids is 1. The Morgan fingerprint density at radius 1 is 1.13 bits per heavy atom. The van der Waals surface area contributed by atoms with E-state index in [0.29, 0.717) is 18.7 Å². The van der Waals surface area contributed by atoms with Crippen molar-refractivity contribution in [2.45, 2.75) is 57.4 Å². The predicted molar refractivity (Wildman–Crippen MR) is 117 cm³/mol. The van der Waals surface area contributed by atoms with E-state index in [9.17, 15) is 15.0 Å². The van der Waals surface area contributed by atoms with Crippen molar-refractivity contribution in [3.63, 3.8) is 0 Å². The lowest BCUT2D eigenvalue weighted by Crippen LogP contribution is -2.63. The summed E-state index contributed by atoms with van der Waals surface area (Å²) in [6, 6.07) is 15.5. The first-order chi connectivity index (χ1) is 14.7. The van der Waals surface area contributed by atoms with E-state index in [4.69, 9.17) is 14.2 Å². The van der Waals surface area contributed by atoms with E-state index >= 15 is 0 Å². The molecule has 4 atom stereocenters. The maximum Gasteiger partial charge on any atom is 0.229 e. The molecule has 1 aliphatic heterocycles. The Morgan fingerprint density at radius 2 is 1.84 bits per heavy atom. The number of hydrogen-bond donors (Lipinski definition) is 3. The maximum atomic E-state index is 11.2. The van der Waals surface area contributed by atoms with Crippen molar-refractivity contribution >= 4 is 5.91 Å². The van der Waals surface area contributed by atoms with Gasteiger partial charge in [-0.15, -0.1) is 0 Å². The van der Waals surface area contributed by atoms with Crippen LogP contribution in [-0.2, 0) is 20.7 Å². The third-order valence-electron chi connectivity index (χ3n) is 5.48. The summed E-state index contributed by atoms with van der Waals surface area (Å²) in [4.78, 5) is 11.2. The van der Waals surface area contributed by atoms with Crippen LogP contribution < -0.4 is 10.1 Å². The first-order valence-electron chi connectivity index (χ1n) is 10.4. The molecule has 7 heteroatoms. The zero-order chi connectivity index (χ0) is 22.6. The SMILES string of the molecule is CO[C@@H]1[C@@H](O)[C@@H](O)C(Oc2ccc(CCNC(C)=O)c(-c3ccccc3)c2)OC1(C)C. The van der Waals surface area contributed by atoms with Crippen LogP contribution in [0.25, 0.3) is 11.1 Å². The number of methoxy groups -OCH3 is 1. The zero-order valence-corrected chi connectivity index (χ0v) is 18.4. The molecule has 2 aromatic carbocycles. The number of amides is 1. The van der Waals surface area contributed by atoms with Gasteiger partial charge in [0.15, 0.2) is 0 Å². The van der Waals surface area contributed by atoms with Gasteiger partial charge >= 0.3 is 0 Å². The van der Waals surface area contributed by atoms with Crippen molar-refractivity contribution in [1.29, 1.82) is 0 Å². The summed E-state index contributed by atoms with van der Waals surface area (Å²) >= 11 is 0. The summed E-state index contributed by atoms with van der Waals surface area (Å²) in [6.07, 6.45) is -3.49. The summed E-state index contributed by atoms with van der Waals surface area (Å²) in [5.74, 6) is 0.435. The number of hydrogen-bond acceptors (Lipinski definition) is 6. The number of ether oxygens (including phenoxy) is 3. The number of rotatable bonds is 7. The molecule has 0 saturated carbocycles. The number of nitrogens with one attached hydrogen (secondary N) is 1. The molecule has 0 bridgehead atoms. The highest BCUT2D eigenvalue weighted by molar-refractivity contribution is 5.73.